The first-order valence-electron chi connectivity index (χ1n) is 5.57. The lowest BCUT2D eigenvalue weighted by Crippen LogP contribution is -2.43. The maximum absolute atomic E-state index is 11.7. The van der Waals surface area contributed by atoms with Crippen LogP contribution >= 0.6 is 11.6 Å². The fraction of sp³-hybridized carbons (Fsp3) is 0.250. The average Bonchev–Trinajstić information content (AvgIpc) is 2.37. The number of urea groups is 1. The number of carbonyl (C=O) groups is 3. The molecule has 1 aromatic carbocycles. The highest BCUT2D eigenvalue weighted by atomic mass is 35.5. The van der Waals surface area contributed by atoms with E-state index in [4.69, 9.17) is 16.3 Å². The van der Waals surface area contributed by atoms with E-state index in [-0.39, 0.29) is 16.3 Å². The number of amides is 3. The number of imide groups is 1. The Morgan fingerprint density at radius 3 is 2.55 bits per heavy atom. The Bertz CT molecular complexity index is 547. The molecule has 0 radical (unpaired) electrons. The molecule has 0 aliphatic rings. The Kier molecular flexibility index (Phi) is 5.33. The minimum Gasteiger partial charge on any atom is -0.507 e. The number of carbonyl (C=O) groups excluding carboxylic acids is 3. The number of esters is 1. The number of phenols is 1. The van der Waals surface area contributed by atoms with Gasteiger partial charge in [-0.25, -0.2) is 9.59 Å². The first kappa shape index (κ1) is 15.8. The largest absolute Gasteiger partial charge is 0.507 e. The number of phenolic OH excluding ortho intramolecular Hbond substituents is 1. The summed E-state index contributed by atoms with van der Waals surface area (Å²) >= 11 is 5.63. The van der Waals surface area contributed by atoms with Crippen molar-refractivity contribution in [1.82, 2.24) is 10.6 Å². The zero-order valence-corrected chi connectivity index (χ0v) is 11.5. The van der Waals surface area contributed by atoms with Gasteiger partial charge in [0.1, 0.15) is 11.3 Å². The minimum atomic E-state index is -1.20. The summed E-state index contributed by atoms with van der Waals surface area (Å²) < 4.78 is 4.83. The molecular formula is C12H13ClN2O5. The molecule has 0 aromatic heterocycles. The van der Waals surface area contributed by atoms with E-state index < -0.39 is 24.0 Å². The first-order valence-corrected chi connectivity index (χ1v) is 5.95. The van der Waals surface area contributed by atoms with Crippen LogP contribution in [0.2, 0.25) is 5.02 Å². The summed E-state index contributed by atoms with van der Waals surface area (Å²) in [6.07, 6.45) is -1.20. The van der Waals surface area contributed by atoms with Crippen molar-refractivity contribution in [2.45, 2.75) is 13.0 Å². The summed E-state index contributed by atoms with van der Waals surface area (Å²) in [5.41, 5.74) is -0.131. The molecule has 7 nitrogen and oxygen atoms in total. The Balaban J connectivity index is 2.70. The van der Waals surface area contributed by atoms with Crippen LogP contribution < -0.4 is 10.6 Å². The van der Waals surface area contributed by atoms with Crippen LogP contribution in [0.3, 0.4) is 0 Å². The molecule has 0 heterocycles. The highest BCUT2D eigenvalue weighted by molar-refractivity contribution is 6.30. The molecule has 0 saturated carbocycles. The number of aromatic hydroxyl groups is 1. The van der Waals surface area contributed by atoms with Gasteiger partial charge in [0.2, 0.25) is 0 Å². The number of halogens is 1. The molecule has 0 saturated heterocycles. The van der Waals surface area contributed by atoms with Gasteiger partial charge < -0.3 is 15.2 Å². The molecule has 0 aliphatic carbocycles. The van der Waals surface area contributed by atoms with Gasteiger partial charge in [0.05, 0.1) is 0 Å². The number of hydrogen-bond acceptors (Lipinski definition) is 5. The van der Waals surface area contributed by atoms with Crippen LogP contribution in [-0.2, 0) is 9.53 Å². The van der Waals surface area contributed by atoms with E-state index in [1.165, 1.54) is 32.2 Å². The number of hydrogen-bond donors (Lipinski definition) is 3. The highest BCUT2D eigenvalue weighted by Gasteiger charge is 2.22. The van der Waals surface area contributed by atoms with Gasteiger partial charge in [-0.1, -0.05) is 11.6 Å². The summed E-state index contributed by atoms with van der Waals surface area (Å²) in [5.74, 6) is -2.05. The van der Waals surface area contributed by atoms with Crippen LogP contribution in [0.5, 0.6) is 5.75 Å². The van der Waals surface area contributed by atoms with Crippen molar-refractivity contribution in [2.75, 3.05) is 7.05 Å². The molecule has 1 atom stereocenters. The number of ether oxygens (including phenoxy) is 1. The van der Waals surface area contributed by atoms with Crippen molar-refractivity contribution in [3.8, 4) is 5.75 Å². The fourth-order valence-corrected chi connectivity index (χ4v) is 1.40. The lowest BCUT2D eigenvalue weighted by molar-refractivity contribution is -0.127. The lowest BCUT2D eigenvalue weighted by atomic mass is 10.2. The number of rotatable bonds is 3. The predicted molar refractivity (Wildman–Crippen MR) is 70.6 cm³/mol. The Hall–Kier alpha value is -2.28. The van der Waals surface area contributed by atoms with Crippen molar-refractivity contribution >= 4 is 29.5 Å². The molecule has 1 rings (SSSR count). The number of nitrogens with one attached hydrogen (secondary N) is 2. The molecule has 0 spiro atoms. The van der Waals surface area contributed by atoms with E-state index in [0.717, 1.165) is 0 Å². The highest BCUT2D eigenvalue weighted by Crippen LogP contribution is 2.22. The summed E-state index contributed by atoms with van der Waals surface area (Å²) in [6.45, 7) is 1.29. The molecule has 3 amide bonds. The molecule has 0 aliphatic heterocycles. The molecular weight excluding hydrogens is 288 g/mol. The third-order valence-electron chi connectivity index (χ3n) is 2.30. The summed E-state index contributed by atoms with van der Waals surface area (Å²) in [4.78, 5) is 34.2. The molecule has 0 unspecified atom stereocenters. The molecule has 1 aromatic rings. The van der Waals surface area contributed by atoms with Gasteiger partial charge >= 0.3 is 12.0 Å². The summed E-state index contributed by atoms with van der Waals surface area (Å²) in [7, 11) is 1.34. The SMILES string of the molecule is CNC(=O)NC(=O)[C@H](C)OC(=O)c1ccc(Cl)cc1O. The topological polar surface area (TPSA) is 105 Å². The van der Waals surface area contributed by atoms with E-state index >= 15 is 0 Å². The Morgan fingerprint density at radius 2 is 2.00 bits per heavy atom. The normalized spacial score (nSPS) is 11.3. The third-order valence-corrected chi connectivity index (χ3v) is 2.53. The minimum absolute atomic E-state index is 0.131. The van der Waals surface area contributed by atoms with Crippen LogP contribution in [0.1, 0.15) is 17.3 Å². The molecule has 0 fully saturated rings. The zero-order chi connectivity index (χ0) is 15.3. The van der Waals surface area contributed by atoms with Crippen molar-refractivity contribution in [2.24, 2.45) is 0 Å². The Labute approximate surface area is 119 Å². The van der Waals surface area contributed by atoms with E-state index in [1.807, 2.05) is 5.32 Å². The fourth-order valence-electron chi connectivity index (χ4n) is 1.23. The molecule has 108 valence electrons. The van der Waals surface area contributed by atoms with E-state index in [2.05, 4.69) is 5.32 Å². The second-order valence-corrected chi connectivity index (χ2v) is 4.21. The molecule has 3 N–H and O–H groups in total. The van der Waals surface area contributed by atoms with Gasteiger partial charge in [0, 0.05) is 12.1 Å². The van der Waals surface area contributed by atoms with Gasteiger partial charge in [0.25, 0.3) is 5.91 Å². The summed E-state index contributed by atoms with van der Waals surface area (Å²) in [6, 6.07) is 3.12. The maximum Gasteiger partial charge on any atom is 0.342 e. The summed E-state index contributed by atoms with van der Waals surface area (Å²) in [5, 5.41) is 13.9. The third kappa shape index (κ3) is 4.13. The lowest BCUT2D eigenvalue weighted by Gasteiger charge is -2.13. The van der Waals surface area contributed by atoms with E-state index in [1.54, 1.807) is 0 Å². The van der Waals surface area contributed by atoms with E-state index in [0.29, 0.717) is 0 Å². The molecule has 0 bridgehead atoms. The number of benzene rings is 1. The van der Waals surface area contributed by atoms with Crippen molar-refractivity contribution in [3.63, 3.8) is 0 Å². The molecule has 20 heavy (non-hydrogen) atoms. The first-order chi connectivity index (χ1) is 9.35. The molecule has 8 heteroatoms. The zero-order valence-electron chi connectivity index (χ0n) is 10.8. The van der Waals surface area contributed by atoms with E-state index in [9.17, 15) is 19.5 Å². The van der Waals surface area contributed by atoms with Crippen molar-refractivity contribution in [1.29, 1.82) is 0 Å². The van der Waals surface area contributed by atoms with Crippen molar-refractivity contribution < 1.29 is 24.2 Å². The van der Waals surface area contributed by atoms with Crippen LogP contribution in [0.4, 0.5) is 4.79 Å². The average molecular weight is 301 g/mol. The van der Waals surface area contributed by atoms with Gasteiger partial charge in [-0.2, -0.15) is 0 Å². The standard InChI is InChI=1S/C12H13ClN2O5/c1-6(10(17)15-12(19)14-2)20-11(18)8-4-3-7(13)5-9(8)16/h3-6,16H,1-2H3,(H2,14,15,17,19)/t6-/m0/s1. The van der Waals surface area contributed by atoms with Crippen molar-refractivity contribution in [3.05, 3.63) is 28.8 Å². The second kappa shape index (κ2) is 6.76. The second-order valence-electron chi connectivity index (χ2n) is 3.78. The van der Waals surface area contributed by atoms with Gasteiger partial charge in [-0.3, -0.25) is 10.1 Å². The van der Waals surface area contributed by atoms with Crippen LogP contribution in [-0.4, -0.2) is 36.2 Å². The van der Waals surface area contributed by atoms with Crippen LogP contribution in [0, 0.1) is 0 Å². The van der Waals surface area contributed by atoms with Crippen LogP contribution in [0.25, 0.3) is 0 Å². The van der Waals surface area contributed by atoms with Crippen LogP contribution in [0.15, 0.2) is 18.2 Å². The van der Waals surface area contributed by atoms with Gasteiger partial charge in [0.15, 0.2) is 6.10 Å². The maximum atomic E-state index is 11.7. The predicted octanol–water partition coefficient (Wildman–Crippen LogP) is 1.05. The van der Waals surface area contributed by atoms with Gasteiger partial charge in [-0.15, -0.1) is 0 Å². The Morgan fingerprint density at radius 1 is 1.35 bits per heavy atom. The quantitative estimate of drug-likeness (QED) is 0.724. The van der Waals surface area contributed by atoms with Gasteiger partial charge in [-0.05, 0) is 25.1 Å². The monoisotopic (exact) mass is 300 g/mol. The smallest absolute Gasteiger partial charge is 0.342 e.